The van der Waals surface area contributed by atoms with Crippen molar-refractivity contribution in [2.75, 3.05) is 25.6 Å². The van der Waals surface area contributed by atoms with Crippen molar-refractivity contribution in [3.05, 3.63) is 54.4 Å². The fourth-order valence-electron chi connectivity index (χ4n) is 3.52. The van der Waals surface area contributed by atoms with Gasteiger partial charge in [0, 0.05) is 23.9 Å². The molecule has 0 saturated heterocycles. The van der Waals surface area contributed by atoms with Crippen LogP contribution in [0.3, 0.4) is 0 Å². The standard InChI is InChI=1S/C25H31N3O4/c1-18(19-10-6-5-7-11-19)28-25-21-14-24(23(31-2)15-22(21)26-17-27-25)32-13-9-4-3-8-12-20(30)16-29/h5-7,10-11,14-15,17-18,29H,3-4,8-9,12-13,16H2,1-2H3,(H,26,27,28)/t18-/m0/s1. The van der Waals surface area contributed by atoms with Gasteiger partial charge in [0.25, 0.3) is 0 Å². The zero-order valence-corrected chi connectivity index (χ0v) is 18.7. The lowest BCUT2D eigenvalue weighted by molar-refractivity contribution is -0.121. The maximum Gasteiger partial charge on any atom is 0.162 e. The normalized spacial score (nSPS) is 11.8. The lowest BCUT2D eigenvalue weighted by Crippen LogP contribution is -2.08. The number of fused-ring (bicyclic) bond motifs is 1. The number of rotatable bonds is 13. The van der Waals surface area contributed by atoms with Crippen LogP contribution in [0.4, 0.5) is 5.82 Å². The van der Waals surface area contributed by atoms with E-state index >= 15 is 0 Å². The van der Waals surface area contributed by atoms with E-state index in [0.717, 1.165) is 42.4 Å². The maximum absolute atomic E-state index is 11.1. The third kappa shape index (κ3) is 6.40. The van der Waals surface area contributed by atoms with Gasteiger partial charge >= 0.3 is 0 Å². The second-order valence-electron chi connectivity index (χ2n) is 7.73. The molecule has 0 aliphatic rings. The molecule has 1 aromatic heterocycles. The zero-order valence-electron chi connectivity index (χ0n) is 18.7. The number of nitrogens with one attached hydrogen (secondary N) is 1. The molecular formula is C25H31N3O4. The van der Waals surface area contributed by atoms with Gasteiger partial charge in [-0.15, -0.1) is 0 Å². The highest BCUT2D eigenvalue weighted by molar-refractivity contribution is 5.91. The van der Waals surface area contributed by atoms with Crippen LogP contribution in [0.1, 0.15) is 50.6 Å². The van der Waals surface area contributed by atoms with Gasteiger partial charge < -0.3 is 19.9 Å². The Morgan fingerprint density at radius 3 is 2.59 bits per heavy atom. The van der Waals surface area contributed by atoms with Gasteiger partial charge in [0.1, 0.15) is 18.8 Å². The van der Waals surface area contributed by atoms with Gasteiger partial charge in [-0.2, -0.15) is 0 Å². The van der Waals surface area contributed by atoms with Crippen molar-refractivity contribution < 1.29 is 19.4 Å². The number of carbonyl (C=O) groups excluding carboxylic acids is 1. The molecule has 1 atom stereocenters. The topological polar surface area (TPSA) is 93.6 Å². The molecule has 7 heteroatoms. The molecule has 0 bridgehead atoms. The van der Waals surface area contributed by atoms with E-state index in [1.54, 1.807) is 13.4 Å². The van der Waals surface area contributed by atoms with E-state index < -0.39 is 0 Å². The first-order valence-electron chi connectivity index (χ1n) is 11.0. The molecule has 1 heterocycles. The molecule has 7 nitrogen and oxygen atoms in total. The number of unbranched alkanes of at least 4 members (excludes halogenated alkanes) is 3. The van der Waals surface area contributed by atoms with Gasteiger partial charge in [-0.3, -0.25) is 4.79 Å². The predicted octanol–water partition coefficient (Wildman–Crippen LogP) is 4.70. The average Bonchev–Trinajstić information content (AvgIpc) is 2.83. The number of nitrogens with zero attached hydrogens (tertiary/aromatic N) is 2. The Balaban J connectivity index is 1.66. The molecule has 3 aromatic rings. The van der Waals surface area contributed by atoms with Crippen LogP contribution < -0.4 is 14.8 Å². The van der Waals surface area contributed by atoms with Crippen molar-refractivity contribution in [3.8, 4) is 11.5 Å². The second-order valence-corrected chi connectivity index (χ2v) is 7.73. The summed E-state index contributed by atoms with van der Waals surface area (Å²) in [6.45, 7) is 2.28. The van der Waals surface area contributed by atoms with E-state index in [0.29, 0.717) is 24.5 Å². The fraction of sp³-hybridized carbons (Fsp3) is 0.400. The molecule has 0 fully saturated rings. The highest BCUT2D eigenvalue weighted by Crippen LogP contribution is 2.35. The van der Waals surface area contributed by atoms with Gasteiger partial charge in [-0.25, -0.2) is 9.97 Å². The Bertz CT molecular complexity index is 1010. The molecule has 0 amide bonds. The number of hydrogen-bond donors (Lipinski definition) is 2. The smallest absolute Gasteiger partial charge is 0.162 e. The quantitative estimate of drug-likeness (QED) is 0.374. The first-order valence-corrected chi connectivity index (χ1v) is 11.0. The number of aromatic nitrogens is 2. The molecule has 32 heavy (non-hydrogen) atoms. The Morgan fingerprint density at radius 2 is 1.84 bits per heavy atom. The molecule has 0 saturated carbocycles. The monoisotopic (exact) mass is 437 g/mol. The molecular weight excluding hydrogens is 406 g/mol. The summed E-state index contributed by atoms with van der Waals surface area (Å²) >= 11 is 0. The molecule has 0 aliphatic heterocycles. The SMILES string of the molecule is COc1cc2ncnc(N[C@@H](C)c3ccccc3)c2cc1OCCCCCCC(=O)CO. The number of methoxy groups -OCH3 is 1. The van der Waals surface area contributed by atoms with E-state index in [1.165, 1.54) is 5.56 Å². The van der Waals surface area contributed by atoms with Crippen molar-refractivity contribution in [2.45, 2.75) is 45.1 Å². The third-order valence-electron chi connectivity index (χ3n) is 5.36. The summed E-state index contributed by atoms with van der Waals surface area (Å²) in [5, 5.41) is 13.1. The maximum atomic E-state index is 11.1. The number of hydrogen-bond acceptors (Lipinski definition) is 7. The van der Waals surface area contributed by atoms with Crippen LogP contribution in [-0.4, -0.2) is 41.2 Å². The van der Waals surface area contributed by atoms with Crippen molar-refractivity contribution in [3.63, 3.8) is 0 Å². The first kappa shape index (κ1) is 23.5. The van der Waals surface area contributed by atoms with Crippen LogP contribution in [0.5, 0.6) is 11.5 Å². The minimum atomic E-state index is -0.366. The van der Waals surface area contributed by atoms with Gasteiger partial charge in [0.05, 0.1) is 19.2 Å². The molecule has 0 spiro atoms. The summed E-state index contributed by atoms with van der Waals surface area (Å²) in [4.78, 5) is 20.0. The summed E-state index contributed by atoms with van der Waals surface area (Å²) in [5.41, 5.74) is 1.95. The molecule has 170 valence electrons. The number of ether oxygens (including phenoxy) is 2. The molecule has 3 rings (SSSR count). The summed E-state index contributed by atoms with van der Waals surface area (Å²) in [7, 11) is 1.62. The van der Waals surface area contributed by atoms with Gasteiger partial charge in [0.15, 0.2) is 17.3 Å². The number of Topliss-reactive ketones (excluding diaryl/α,β-unsaturated/α-hetero) is 1. The summed E-state index contributed by atoms with van der Waals surface area (Å²) in [5.74, 6) is 1.93. The predicted molar refractivity (Wildman–Crippen MR) is 125 cm³/mol. The third-order valence-corrected chi connectivity index (χ3v) is 5.36. The highest BCUT2D eigenvalue weighted by atomic mass is 16.5. The molecule has 0 aliphatic carbocycles. The van der Waals surface area contributed by atoms with E-state index in [4.69, 9.17) is 14.6 Å². The van der Waals surface area contributed by atoms with Crippen molar-refractivity contribution in [1.82, 2.24) is 9.97 Å². The fourth-order valence-corrected chi connectivity index (χ4v) is 3.52. The van der Waals surface area contributed by atoms with Gasteiger partial charge in [-0.05, 0) is 31.4 Å². The van der Waals surface area contributed by atoms with Crippen LogP contribution in [0.2, 0.25) is 0 Å². The first-order chi connectivity index (χ1) is 15.6. The lowest BCUT2D eigenvalue weighted by atomic mass is 10.1. The Hall–Kier alpha value is -3.19. The van der Waals surface area contributed by atoms with E-state index in [1.807, 2.05) is 30.3 Å². The van der Waals surface area contributed by atoms with Crippen molar-refractivity contribution in [2.24, 2.45) is 0 Å². The average molecular weight is 438 g/mol. The van der Waals surface area contributed by atoms with Crippen molar-refractivity contribution >= 4 is 22.5 Å². The number of aliphatic hydroxyl groups is 1. The number of ketones is 1. The summed E-state index contributed by atoms with van der Waals surface area (Å²) in [6, 6.07) is 14.1. The Labute approximate surface area is 188 Å². The van der Waals surface area contributed by atoms with Crippen LogP contribution >= 0.6 is 0 Å². The lowest BCUT2D eigenvalue weighted by Gasteiger charge is -2.17. The van der Waals surface area contributed by atoms with Gasteiger partial charge in [-0.1, -0.05) is 43.2 Å². The van der Waals surface area contributed by atoms with Crippen LogP contribution in [-0.2, 0) is 4.79 Å². The largest absolute Gasteiger partial charge is 0.493 e. The number of anilines is 1. The minimum Gasteiger partial charge on any atom is -0.493 e. The summed E-state index contributed by atoms with van der Waals surface area (Å²) < 4.78 is 11.5. The van der Waals surface area contributed by atoms with E-state index in [2.05, 4.69) is 34.3 Å². The number of benzene rings is 2. The van der Waals surface area contributed by atoms with Crippen LogP contribution in [0.25, 0.3) is 10.9 Å². The van der Waals surface area contributed by atoms with E-state index in [-0.39, 0.29) is 18.4 Å². The molecule has 0 unspecified atom stereocenters. The molecule has 2 N–H and O–H groups in total. The number of aliphatic hydroxyl groups excluding tert-OH is 1. The Morgan fingerprint density at radius 1 is 1.06 bits per heavy atom. The minimum absolute atomic E-state index is 0.0819. The molecule has 2 aromatic carbocycles. The van der Waals surface area contributed by atoms with Gasteiger partial charge in [0.2, 0.25) is 0 Å². The van der Waals surface area contributed by atoms with Crippen molar-refractivity contribution in [1.29, 1.82) is 0 Å². The van der Waals surface area contributed by atoms with Crippen LogP contribution in [0.15, 0.2) is 48.8 Å². The van der Waals surface area contributed by atoms with Crippen LogP contribution in [0, 0.1) is 0 Å². The highest BCUT2D eigenvalue weighted by Gasteiger charge is 2.14. The number of carbonyl (C=O) groups is 1. The van der Waals surface area contributed by atoms with E-state index in [9.17, 15) is 4.79 Å². The Kier molecular flexibility index (Phi) is 8.80. The zero-order chi connectivity index (χ0) is 22.8. The second kappa shape index (κ2) is 12.0. The summed E-state index contributed by atoms with van der Waals surface area (Å²) in [6.07, 6.45) is 5.54. The molecule has 0 radical (unpaired) electrons.